The molecule has 0 heterocycles. The smallest absolute Gasteiger partial charge is 0.157 e. The largest absolute Gasteiger partial charge is 0.397 e. The number of nitrogens with two attached hydrogens (primary N) is 1. The van der Waals surface area contributed by atoms with Crippen LogP contribution in [0.4, 0.5) is 11.4 Å². The second-order valence-corrected chi connectivity index (χ2v) is 4.08. The van der Waals surface area contributed by atoms with Crippen molar-refractivity contribution in [3.8, 4) is 0 Å². The Kier molecular flexibility index (Phi) is 3.82. The molecule has 4 nitrogen and oxygen atoms in total. The number of hydrogen-bond donors (Lipinski definition) is 3. The third-order valence-corrected chi connectivity index (χ3v) is 2.61. The second-order valence-electron chi connectivity index (χ2n) is 3.64. The van der Waals surface area contributed by atoms with Crippen molar-refractivity contribution < 1.29 is 5.21 Å². The Balaban J connectivity index is 2.41. The molecule has 0 radical (unpaired) electrons. The Bertz CT molecular complexity index is 570. The van der Waals surface area contributed by atoms with Crippen molar-refractivity contribution in [1.82, 2.24) is 5.48 Å². The van der Waals surface area contributed by atoms with Crippen molar-refractivity contribution in [1.29, 1.82) is 0 Å². The van der Waals surface area contributed by atoms with Gasteiger partial charge in [0.1, 0.15) is 0 Å². The minimum Gasteiger partial charge on any atom is -0.397 e. The van der Waals surface area contributed by atoms with E-state index in [1.165, 1.54) is 0 Å². The van der Waals surface area contributed by atoms with Crippen molar-refractivity contribution in [2.24, 2.45) is 4.99 Å². The summed E-state index contributed by atoms with van der Waals surface area (Å²) >= 11 is 5.81. The Labute approximate surface area is 110 Å². The molecule has 92 valence electrons. The predicted molar refractivity (Wildman–Crippen MR) is 73.4 cm³/mol. The predicted octanol–water partition coefficient (Wildman–Crippen LogP) is 2.98. The van der Waals surface area contributed by atoms with E-state index in [2.05, 4.69) is 10.5 Å². The number of amidine groups is 1. The normalized spacial score (nSPS) is 11.3. The molecule has 0 amide bonds. The van der Waals surface area contributed by atoms with E-state index in [0.717, 1.165) is 5.56 Å². The van der Waals surface area contributed by atoms with Crippen molar-refractivity contribution in [2.45, 2.75) is 0 Å². The van der Waals surface area contributed by atoms with Gasteiger partial charge in [-0.15, -0.1) is 0 Å². The van der Waals surface area contributed by atoms with Crippen LogP contribution in [0.1, 0.15) is 5.56 Å². The summed E-state index contributed by atoms with van der Waals surface area (Å²) < 4.78 is 0. The van der Waals surface area contributed by atoms with E-state index >= 15 is 0 Å². The topological polar surface area (TPSA) is 70.6 Å². The minimum atomic E-state index is 0.324. The lowest BCUT2D eigenvalue weighted by Crippen LogP contribution is -2.19. The molecule has 0 saturated carbocycles. The fraction of sp³-hybridized carbons (Fsp3) is 0. The Morgan fingerprint density at radius 1 is 1.17 bits per heavy atom. The summed E-state index contributed by atoms with van der Waals surface area (Å²) in [6.07, 6.45) is 0. The van der Waals surface area contributed by atoms with Gasteiger partial charge in [0.25, 0.3) is 0 Å². The average Bonchev–Trinajstić information content (AvgIpc) is 2.39. The van der Waals surface area contributed by atoms with Crippen LogP contribution in [0.3, 0.4) is 0 Å². The molecule has 2 rings (SSSR count). The zero-order valence-electron chi connectivity index (χ0n) is 9.47. The third-order valence-electron chi connectivity index (χ3n) is 2.37. The molecule has 0 bridgehead atoms. The molecule has 4 N–H and O–H groups in total. The summed E-state index contributed by atoms with van der Waals surface area (Å²) in [5.74, 6) is 0.324. The van der Waals surface area contributed by atoms with Crippen molar-refractivity contribution in [2.75, 3.05) is 5.73 Å². The van der Waals surface area contributed by atoms with Crippen LogP contribution in [0, 0.1) is 0 Å². The van der Waals surface area contributed by atoms with Crippen LogP contribution in [0.25, 0.3) is 0 Å². The molecular weight excluding hydrogens is 250 g/mol. The molecule has 0 aliphatic heterocycles. The second kappa shape index (κ2) is 5.53. The lowest BCUT2D eigenvalue weighted by atomic mass is 10.2. The lowest BCUT2D eigenvalue weighted by molar-refractivity contribution is 0.235. The van der Waals surface area contributed by atoms with Gasteiger partial charge in [-0.2, -0.15) is 0 Å². The first kappa shape index (κ1) is 12.4. The Hall–Kier alpha value is -2.04. The maximum Gasteiger partial charge on any atom is 0.157 e. The van der Waals surface area contributed by atoms with Gasteiger partial charge in [-0.05, 0) is 18.2 Å². The first-order valence-corrected chi connectivity index (χ1v) is 5.68. The van der Waals surface area contributed by atoms with Gasteiger partial charge in [0.2, 0.25) is 0 Å². The fourth-order valence-corrected chi connectivity index (χ4v) is 1.68. The van der Waals surface area contributed by atoms with E-state index in [4.69, 9.17) is 22.5 Å². The van der Waals surface area contributed by atoms with Crippen molar-refractivity contribution in [3.05, 3.63) is 59.1 Å². The van der Waals surface area contributed by atoms with Crippen LogP contribution in [-0.4, -0.2) is 11.0 Å². The van der Waals surface area contributed by atoms with Gasteiger partial charge < -0.3 is 5.73 Å². The highest BCUT2D eigenvalue weighted by Crippen LogP contribution is 2.25. The molecule has 0 fully saturated rings. The molecule has 2 aromatic rings. The number of aliphatic imine (C=N–C) groups is 1. The van der Waals surface area contributed by atoms with Gasteiger partial charge >= 0.3 is 0 Å². The van der Waals surface area contributed by atoms with Crippen molar-refractivity contribution in [3.63, 3.8) is 0 Å². The number of nitrogen functional groups attached to an aromatic ring is 1. The molecule has 0 spiro atoms. The van der Waals surface area contributed by atoms with E-state index in [-0.39, 0.29) is 0 Å². The summed E-state index contributed by atoms with van der Waals surface area (Å²) in [6.45, 7) is 0. The quantitative estimate of drug-likeness (QED) is 0.337. The Morgan fingerprint density at radius 2 is 1.89 bits per heavy atom. The van der Waals surface area contributed by atoms with Gasteiger partial charge in [-0.1, -0.05) is 41.9 Å². The summed E-state index contributed by atoms with van der Waals surface area (Å²) in [4.78, 5) is 4.26. The van der Waals surface area contributed by atoms with E-state index in [0.29, 0.717) is 22.2 Å². The van der Waals surface area contributed by atoms with E-state index in [9.17, 15) is 0 Å². The zero-order chi connectivity index (χ0) is 13.0. The summed E-state index contributed by atoms with van der Waals surface area (Å²) in [5.41, 5.74) is 9.62. The summed E-state index contributed by atoms with van der Waals surface area (Å²) in [5, 5.41) is 9.68. The van der Waals surface area contributed by atoms with Gasteiger partial charge in [0, 0.05) is 10.6 Å². The molecule has 5 heteroatoms. The number of benzene rings is 2. The van der Waals surface area contributed by atoms with Gasteiger partial charge in [-0.3, -0.25) is 10.7 Å². The maximum atomic E-state index is 9.14. The third kappa shape index (κ3) is 2.80. The standard InChI is InChI=1S/C13H12ClN3O/c14-10-6-7-12(11(15)8-10)16-13(17-18)9-4-2-1-3-5-9/h1-8,18H,15H2,(H,16,17). The highest BCUT2D eigenvalue weighted by molar-refractivity contribution is 6.31. The summed E-state index contributed by atoms with van der Waals surface area (Å²) in [7, 11) is 0. The van der Waals surface area contributed by atoms with Gasteiger partial charge in [-0.25, -0.2) is 4.99 Å². The van der Waals surface area contributed by atoms with Crippen LogP contribution < -0.4 is 11.2 Å². The maximum absolute atomic E-state index is 9.14. The highest BCUT2D eigenvalue weighted by Gasteiger charge is 2.04. The lowest BCUT2D eigenvalue weighted by Gasteiger charge is -2.06. The minimum absolute atomic E-state index is 0.324. The number of halogens is 1. The molecule has 0 aromatic heterocycles. The number of hydroxylamine groups is 1. The highest BCUT2D eigenvalue weighted by atomic mass is 35.5. The van der Waals surface area contributed by atoms with Gasteiger partial charge in [0.05, 0.1) is 11.4 Å². The van der Waals surface area contributed by atoms with Crippen LogP contribution in [0.5, 0.6) is 0 Å². The molecule has 0 aliphatic carbocycles. The summed E-state index contributed by atoms with van der Waals surface area (Å²) in [6, 6.07) is 14.2. The fourth-order valence-electron chi connectivity index (χ4n) is 1.50. The van der Waals surface area contributed by atoms with Crippen molar-refractivity contribution >= 4 is 28.8 Å². The van der Waals surface area contributed by atoms with Crippen LogP contribution in [0.15, 0.2) is 53.5 Å². The molecule has 18 heavy (non-hydrogen) atoms. The molecule has 0 unspecified atom stereocenters. The number of rotatable bonds is 2. The van der Waals surface area contributed by atoms with Crippen LogP contribution in [0.2, 0.25) is 5.02 Å². The SMILES string of the molecule is Nc1cc(Cl)ccc1N=C(NO)c1ccccc1. The zero-order valence-corrected chi connectivity index (χ0v) is 10.2. The van der Waals surface area contributed by atoms with E-state index in [1.807, 2.05) is 30.3 Å². The average molecular weight is 262 g/mol. The first-order valence-electron chi connectivity index (χ1n) is 5.30. The molecule has 0 atom stereocenters. The number of nitrogens with zero attached hydrogens (tertiary/aromatic N) is 1. The molecule has 0 aliphatic rings. The number of anilines is 1. The molecular formula is C13H12ClN3O. The van der Waals surface area contributed by atoms with Crippen LogP contribution >= 0.6 is 11.6 Å². The first-order chi connectivity index (χ1) is 8.70. The number of nitrogens with one attached hydrogen (secondary N) is 1. The van der Waals surface area contributed by atoms with Gasteiger partial charge in [0.15, 0.2) is 5.84 Å². The van der Waals surface area contributed by atoms with E-state index in [1.54, 1.807) is 18.2 Å². The molecule has 0 saturated heterocycles. The molecule has 2 aromatic carbocycles. The van der Waals surface area contributed by atoms with Crippen LogP contribution in [-0.2, 0) is 0 Å². The monoisotopic (exact) mass is 261 g/mol. The van der Waals surface area contributed by atoms with E-state index < -0.39 is 0 Å². The number of hydrogen-bond acceptors (Lipinski definition) is 3. The Morgan fingerprint density at radius 3 is 2.50 bits per heavy atom.